The van der Waals surface area contributed by atoms with Crippen LogP contribution in [0.3, 0.4) is 0 Å². The summed E-state index contributed by atoms with van der Waals surface area (Å²) >= 11 is 12.3. The smallest absolute Gasteiger partial charge is 0.263 e. The second-order valence-electron chi connectivity index (χ2n) is 9.05. The average molecular weight is 619 g/mol. The molecule has 0 bridgehead atoms. The van der Waals surface area contributed by atoms with E-state index in [1.54, 1.807) is 38.1 Å². The van der Waals surface area contributed by atoms with Crippen molar-refractivity contribution in [3.8, 4) is 0 Å². The maximum Gasteiger partial charge on any atom is 0.263 e. The monoisotopic (exact) mass is 617 g/mol. The van der Waals surface area contributed by atoms with Gasteiger partial charge in [-0.15, -0.1) is 0 Å². The molecule has 12 heteroatoms. The summed E-state index contributed by atoms with van der Waals surface area (Å²) in [5.74, 6) is -0.608. The molecule has 0 aliphatic heterocycles. The van der Waals surface area contributed by atoms with E-state index < -0.39 is 26.0 Å². The van der Waals surface area contributed by atoms with E-state index in [0.717, 1.165) is 16.7 Å². The Kier molecular flexibility index (Phi) is 8.46. The Morgan fingerprint density at radius 3 is 2.02 bits per heavy atom. The maximum absolute atomic E-state index is 13.1. The topological polar surface area (TPSA) is 121 Å². The summed E-state index contributed by atoms with van der Waals surface area (Å²) in [6.07, 6.45) is 0. The number of anilines is 3. The molecule has 0 fully saturated rings. The molecule has 0 radical (unpaired) electrons. The second kappa shape index (κ2) is 11.5. The van der Waals surface area contributed by atoms with E-state index in [4.69, 9.17) is 23.2 Å². The zero-order valence-corrected chi connectivity index (χ0v) is 24.8. The number of amides is 1. The summed E-state index contributed by atoms with van der Waals surface area (Å²) in [7, 11) is -8.02. The molecule has 3 N–H and O–H groups in total. The molecule has 0 saturated carbocycles. The molecule has 4 rings (SSSR count). The number of benzene rings is 4. The normalized spacial score (nSPS) is 11.6. The van der Waals surface area contributed by atoms with Crippen LogP contribution in [-0.2, 0) is 20.0 Å². The predicted molar refractivity (Wildman–Crippen MR) is 160 cm³/mol. The van der Waals surface area contributed by atoms with Crippen LogP contribution in [0.2, 0.25) is 10.0 Å². The highest BCUT2D eigenvalue weighted by Gasteiger charge is 2.22. The maximum atomic E-state index is 13.1. The van der Waals surface area contributed by atoms with Gasteiger partial charge in [0.15, 0.2) is 0 Å². The van der Waals surface area contributed by atoms with E-state index in [2.05, 4.69) is 14.8 Å². The van der Waals surface area contributed by atoms with Crippen LogP contribution in [0, 0.1) is 20.8 Å². The van der Waals surface area contributed by atoms with Crippen LogP contribution in [0.25, 0.3) is 0 Å². The van der Waals surface area contributed by atoms with E-state index in [1.165, 1.54) is 48.5 Å². The lowest BCUT2D eigenvalue weighted by atomic mass is 10.1. The van der Waals surface area contributed by atoms with E-state index in [0.29, 0.717) is 22.1 Å². The first kappa shape index (κ1) is 29.4. The molecule has 0 spiro atoms. The molecule has 0 unspecified atom stereocenters. The molecular weight excluding hydrogens is 593 g/mol. The van der Waals surface area contributed by atoms with Gasteiger partial charge in [0, 0.05) is 16.3 Å². The van der Waals surface area contributed by atoms with Crippen LogP contribution in [0.1, 0.15) is 27.0 Å². The molecule has 1 amide bonds. The van der Waals surface area contributed by atoms with Crippen LogP contribution in [-0.4, -0.2) is 22.7 Å². The Balaban J connectivity index is 1.51. The van der Waals surface area contributed by atoms with Crippen molar-refractivity contribution >= 4 is 66.2 Å². The highest BCUT2D eigenvalue weighted by molar-refractivity contribution is 7.93. The van der Waals surface area contributed by atoms with Gasteiger partial charge in [0.05, 0.1) is 21.3 Å². The zero-order valence-electron chi connectivity index (χ0n) is 21.6. The van der Waals surface area contributed by atoms with E-state index in [1.807, 2.05) is 13.0 Å². The van der Waals surface area contributed by atoms with Crippen LogP contribution in [0.4, 0.5) is 17.1 Å². The third-order valence-electron chi connectivity index (χ3n) is 6.18. The summed E-state index contributed by atoms with van der Waals surface area (Å²) in [6.45, 7) is 5.47. The SMILES string of the molecule is Cc1ccc(NS(=O)(=O)c2ccc(NC(=O)c3ccc(Cl)c(S(=O)(=O)Nc4cccc(C)c4C)c3)cc2)cc1Cl. The van der Waals surface area contributed by atoms with Crippen LogP contribution >= 0.6 is 23.2 Å². The highest BCUT2D eigenvalue weighted by Crippen LogP contribution is 2.28. The third kappa shape index (κ3) is 6.59. The van der Waals surface area contributed by atoms with Gasteiger partial charge < -0.3 is 5.32 Å². The number of carbonyl (C=O) groups excluding carboxylic acids is 1. The minimum Gasteiger partial charge on any atom is -0.322 e. The van der Waals surface area contributed by atoms with Crippen LogP contribution in [0.15, 0.2) is 88.7 Å². The largest absolute Gasteiger partial charge is 0.322 e. The van der Waals surface area contributed by atoms with Gasteiger partial charge in [-0.3, -0.25) is 14.2 Å². The third-order valence-corrected chi connectivity index (χ3v) is 9.83. The fourth-order valence-corrected chi connectivity index (χ4v) is 6.58. The molecule has 0 atom stereocenters. The molecule has 8 nitrogen and oxygen atoms in total. The first-order valence-electron chi connectivity index (χ1n) is 11.9. The Hall–Kier alpha value is -3.57. The number of nitrogens with one attached hydrogen (secondary N) is 3. The highest BCUT2D eigenvalue weighted by atomic mass is 35.5. The average Bonchev–Trinajstić information content (AvgIpc) is 2.89. The number of aryl methyl sites for hydroxylation is 2. The fourth-order valence-electron chi connectivity index (χ4n) is 3.70. The number of rotatable bonds is 8. The van der Waals surface area contributed by atoms with Crippen LogP contribution < -0.4 is 14.8 Å². The van der Waals surface area contributed by atoms with Crippen molar-refractivity contribution in [2.24, 2.45) is 0 Å². The molecule has 4 aromatic rings. The predicted octanol–water partition coefficient (Wildman–Crippen LogP) is 6.77. The molecular formula is C28H25Cl2N3O5S2. The lowest BCUT2D eigenvalue weighted by Gasteiger charge is -2.14. The van der Waals surface area contributed by atoms with Crippen molar-refractivity contribution in [3.05, 3.63) is 111 Å². The molecule has 0 aliphatic rings. The van der Waals surface area contributed by atoms with Gasteiger partial charge in [-0.2, -0.15) is 0 Å². The molecule has 0 saturated heterocycles. The zero-order chi connectivity index (χ0) is 29.2. The Labute approximate surface area is 243 Å². The van der Waals surface area contributed by atoms with Crippen molar-refractivity contribution in [2.45, 2.75) is 30.6 Å². The fraction of sp³-hybridized carbons (Fsp3) is 0.107. The lowest BCUT2D eigenvalue weighted by molar-refractivity contribution is 0.102. The van der Waals surface area contributed by atoms with Gasteiger partial charge >= 0.3 is 0 Å². The number of halogens is 2. The van der Waals surface area contributed by atoms with Gasteiger partial charge in [-0.1, -0.05) is 41.4 Å². The van der Waals surface area contributed by atoms with Gasteiger partial charge in [0.25, 0.3) is 26.0 Å². The molecule has 0 aromatic heterocycles. The first-order chi connectivity index (χ1) is 18.8. The minimum absolute atomic E-state index is 0.0282. The van der Waals surface area contributed by atoms with Crippen molar-refractivity contribution < 1.29 is 21.6 Å². The summed E-state index contributed by atoms with van der Waals surface area (Å²) < 4.78 is 56.8. The second-order valence-corrected chi connectivity index (χ2v) is 13.2. The quantitative estimate of drug-likeness (QED) is 0.201. The van der Waals surface area contributed by atoms with Gasteiger partial charge in [0.1, 0.15) is 4.90 Å². The Morgan fingerprint density at radius 1 is 0.675 bits per heavy atom. The van der Waals surface area contributed by atoms with Crippen molar-refractivity contribution in [1.29, 1.82) is 0 Å². The summed E-state index contributed by atoms with van der Waals surface area (Å²) in [5.41, 5.74) is 3.55. The lowest BCUT2D eigenvalue weighted by Crippen LogP contribution is -2.17. The standard InChI is InChI=1S/C28H25Cl2N3O5S2/c1-17-5-4-6-26(19(17)3)33-40(37,38)27-15-20(8-14-24(27)29)28(34)31-21-10-12-23(13-11-21)39(35,36)32-22-9-7-18(2)25(30)16-22/h4-16,32-33H,1-3H3,(H,31,34). The summed E-state index contributed by atoms with van der Waals surface area (Å²) in [4.78, 5) is 12.6. The molecule has 0 heterocycles. The molecule has 40 heavy (non-hydrogen) atoms. The minimum atomic E-state index is -4.11. The van der Waals surface area contributed by atoms with Crippen molar-refractivity contribution in [2.75, 3.05) is 14.8 Å². The first-order valence-corrected chi connectivity index (χ1v) is 15.6. The number of carbonyl (C=O) groups is 1. The number of sulfonamides is 2. The summed E-state index contributed by atoms with van der Waals surface area (Å²) in [5, 5.41) is 3.01. The molecule has 208 valence electrons. The Bertz CT molecular complexity index is 1830. The summed E-state index contributed by atoms with van der Waals surface area (Å²) in [6, 6.07) is 19.5. The van der Waals surface area contributed by atoms with Gasteiger partial charge in [-0.25, -0.2) is 16.8 Å². The van der Waals surface area contributed by atoms with Crippen molar-refractivity contribution in [1.82, 2.24) is 0 Å². The van der Waals surface area contributed by atoms with Gasteiger partial charge in [-0.05, 0) is 98.1 Å². The van der Waals surface area contributed by atoms with E-state index in [-0.39, 0.29) is 20.4 Å². The number of hydrogen-bond acceptors (Lipinski definition) is 5. The van der Waals surface area contributed by atoms with E-state index >= 15 is 0 Å². The molecule has 0 aliphatic carbocycles. The van der Waals surface area contributed by atoms with Crippen LogP contribution in [0.5, 0.6) is 0 Å². The van der Waals surface area contributed by atoms with Gasteiger partial charge in [0.2, 0.25) is 0 Å². The Morgan fingerprint density at radius 2 is 1.35 bits per heavy atom. The number of hydrogen-bond donors (Lipinski definition) is 3. The van der Waals surface area contributed by atoms with Crippen molar-refractivity contribution in [3.63, 3.8) is 0 Å². The van der Waals surface area contributed by atoms with E-state index in [9.17, 15) is 21.6 Å². The molecule has 4 aromatic carbocycles.